The fourth-order valence-corrected chi connectivity index (χ4v) is 5.43. The first-order valence-corrected chi connectivity index (χ1v) is 14.0. The van der Waals surface area contributed by atoms with Crippen LogP contribution in [0.1, 0.15) is 17.3 Å². The van der Waals surface area contributed by atoms with E-state index in [-0.39, 0.29) is 5.57 Å². The van der Waals surface area contributed by atoms with Crippen LogP contribution in [0.2, 0.25) is 0 Å². The van der Waals surface area contributed by atoms with Gasteiger partial charge >= 0.3 is 54.0 Å². The van der Waals surface area contributed by atoms with Gasteiger partial charge in [-0.15, -0.1) is 0 Å². The third-order valence-electron chi connectivity index (χ3n) is 4.10. The van der Waals surface area contributed by atoms with Crippen molar-refractivity contribution in [2.45, 2.75) is 28.9 Å². The lowest BCUT2D eigenvalue weighted by Gasteiger charge is -2.31. The molecule has 12 nitrogen and oxygen atoms in total. The molecule has 0 bridgehead atoms. The van der Waals surface area contributed by atoms with Crippen LogP contribution in [0.4, 0.5) is 39.5 Å². The van der Waals surface area contributed by atoms with Gasteiger partial charge in [0.05, 0.1) is 5.56 Å². The third-order valence-corrected chi connectivity index (χ3v) is 8.69. The molecule has 1 aromatic rings. The minimum absolute atomic E-state index is 0.0154. The molecule has 0 saturated heterocycles. The molecule has 0 radical (unpaired) electrons. The number of carbonyl (C=O) groups excluding carboxylic acids is 2. The minimum Gasteiger partial charge on any atom is -0.459 e. The van der Waals surface area contributed by atoms with Crippen LogP contribution in [0.15, 0.2) is 36.4 Å². The first-order chi connectivity index (χ1) is 18.1. The van der Waals surface area contributed by atoms with Crippen LogP contribution in [0, 0.1) is 0 Å². The highest BCUT2D eigenvalue weighted by molar-refractivity contribution is 8.05. The molecule has 0 spiro atoms. The van der Waals surface area contributed by atoms with Crippen LogP contribution in [0.5, 0.6) is 5.75 Å². The monoisotopic (exact) mass is 675 g/mol. The molecule has 1 N–H and O–H groups in total. The molecule has 0 aliphatic heterocycles. The number of hydrogen-bond acceptors (Lipinski definition) is 11. The van der Waals surface area contributed by atoms with Crippen molar-refractivity contribution in [1.82, 2.24) is 4.13 Å². The Kier molecular flexibility index (Phi) is 10.2. The van der Waals surface area contributed by atoms with E-state index in [1.54, 1.807) is 0 Å². The van der Waals surface area contributed by atoms with Gasteiger partial charge in [0.2, 0.25) is 0 Å². The number of esters is 2. The molecule has 0 aliphatic carbocycles. The van der Waals surface area contributed by atoms with Gasteiger partial charge < -0.3 is 13.7 Å². The molecule has 0 saturated carbocycles. The molecular weight excluding hydrogens is 661 g/mol. The molecule has 0 heterocycles. The fourth-order valence-electron chi connectivity index (χ4n) is 2.04. The number of halogens is 9. The van der Waals surface area contributed by atoms with E-state index in [0.29, 0.717) is 24.3 Å². The van der Waals surface area contributed by atoms with Gasteiger partial charge in [0.25, 0.3) is 10.0 Å². The quantitative estimate of drug-likeness (QED) is 0.107. The van der Waals surface area contributed by atoms with Crippen molar-refractivity contribution in [2.75, 3.05) is 13.2 Å². The van der Waals surface area contributed by atoms with E-state index in [1.807, 2.05) is 0 Å². The van der Waals surface area contributed by atoms with E-state index in [2.05, 4.69) is 20.2 Å². The summed E-state index contributed by atoms with van der Waals surface area (Å²) >= 11 is 0. The molecule has 0 unspecified atom stereocenters. The van der Waals surface area contributed by atoms with Crippen molar-refractivity contribution in [3.63, 3.8) is 0 Å². The molecule has 234 valence electrons. The van der Waals surface area contributed by atoms with Gasteiger partial charge in [0.1, 0.15) is 19.0 Å². The number of hydrogen-bond donors (Lipinski definition) is 1. The van der Waals surface area contributed by atoms with Crippen LogP contribution in [-0.4, -0.2) is 72.3 Å². The Balaban J connectivity index is 3.15. The maximum Gasteiger partial charge on any atom is 0.512 e. The normalized spacial score (nSPS) is 13.8. The molecule has 0 atom stereocenters. The average Bonchev–Trinajstić information content (AvgIpc) is 2.79. The summed E-state index contributed by atoms with van der Waals surface area (Å²) in [6, 6.07) is 1.81. The van der Waals surface area contributed by atoms with Crippen molar-refractivity contribution in [3.8, 4) is 5.75 Å². The van der Waals surface area contributed by atoms with Gasteiger partial charge in [-0.05, 0) is 31.2 Å². The van der Waals surface area contributed by atoms with Gasteiger partial charge in [-0.1, -0.05) is 10.7 Å². The molecular formula is C17H14F9NO11S3. The zero-order valence-corrected chi connectivity index (χ0v) is 22.0. The summed E-state index contributed by atoms with van der Waals surface area (Å²) < 4.78 is 200. The van der Waals surface area contributed by atoms with Crippen molar-refractivity contribution < 1.29 is 88.0 Å². The van der Waals surface area contributed by atoms with Crippen molar-refractivity contribution in [3.05, 3.63) is 42.0 Å². The molecule has 0 amide bonds. The van der Waals surface area contributed by atoms with Crippen LogP contribution >= 0.6 is 0 Å². The Labute approximate surface area is 224 Å². The zero-order chi connectivity index (χ0) is 32.5. The Bertz CT molecular complexity index is 1500. The Morgan fingerprint density at radius 1 is 0.780 bits per heavy atom. The topological polar surface area (TPSA) is 176 Å². The largest absolute Gasteiger partial charge is 0.512 e. The molecule has 1 rings (SSSR count). The highest BCUT2D eigenvalue weighted by Crippen LogP contribution is 2.51. The number of sulfonamides is 2. The lowest BCUT2D eigenvalue weighted by atomic mass is 10.2. The first kappa shape index (κ1) is 35.9. The predicted molar refractivity (Wildman–Crippen MR) is 114 cm³/mol. The zero-order valence-electron chi connectivity index (χ0n) is 19.5. The van der Waals surface area contributed by atoms with Gasteiger partial charge in [-0.3, -0.25) is 0 Å². The summed E-state index contributed by atoms with van der Waals surface area (Å²) in [6.45, 7) is 3.61. The summed E-state index contributed by atoms with van der Waals surface area (Å²) in [6.07, 6.45) is 0. The summed E-state index contributed by atoms with van der Waals surface area (Å²) in [4.78, 5) is 23.0. The lowest BCUT2D eigenvalue weighted by Crippen LogP contribution is -2.64. The maximum absolute atomic E-state index is 14.1. The number of carbonyl (C=O) groups is 2. The molecule has 1 aromatic carbocycles. The molecule has 0 aromatic heterocycles. The highest BCUT2D eigenvalue weighted by atomic mass is 32.3. The third kappa shape index (κ3) is 7.40. The van der Waals surface area contributed by atoms with E-state index in [0.717, 1.165) is 0 Å². The average molecular weight is 675 g/mol. The van der Waals surface area contributed by atoms with E-state index < -0.39 is 92.7 Å². The number of rotatable bonds is 13. The highest BCUT2D eigenvalue weighted by Gasteiger charge is 2.83. The van der Waals surface area contributed by atoms with Gasteiger partial charge in [-0.25, -0.2) is 26.4 Å². The van der Waals surface area contributed by atoms with Crippen LogP contribution in [0.25, 0.3) is 0 Å². The van der Waals surface area contributed by atoms with Gasteiger partial charge in [0, 0.05) is 5.57 Å². The second-order valence-electron chi connectivity index (χ2n) is 7.26. The standard InChI is InChI=1S/C17H14F9NO11S3/c1-9(2)12(28)36-7-8-37-13(29)10-3-5-11(6-4-10)38-41(34,35)16(22,23)14(18,19)15(20,21)39(30,31)27-40(32,33)17(24,25)26/h3-6,27H,1,7-8H2,2H3. The molecule has 41 heavy (non-hydrogen) atoms. The molecule has 24 heteroatoms. The minimum atomic E-state index is -7.93. The van der Waals surface area contributed by atoms with Crippen molar-refractivity contribution in [1.29, 1.82) is 0 Å². The van der Waals surface area contributed by atoms with Crippen LogP contribution in [-0.2, 0) is 44.4 Å². The Hall–Kier alpha value is -3.12. The predicted octanol–water partition coefficient (Wildman–Crippen LogP) is 2.26. The first-order valence-electron chi connectivity index (χ1n) is 9.66. The van der Waals surface area contributed by atoms with E-state index in [4.69, 9.17) is 0 Å². The lowest BCUT2D eigenvalue weighted by molar-refractivity contribution is -0.245. The Morgan fingerprint density at radius 3 is 1.68 bits per heavy atom. The number of ether oxygens (including phenoxy) is 2. The fraction of sp³-hybridized carbons (Fsp3) is 0.412. The summed E-state index contributed by atoms with van der Waals surface area (Å²) in [5.74, 6) is -11.1. The molecule has 0 fully saturated rings. The summed E-state index contributed by atoms with van der Waals surface area (Å²) in [5.41, 5.74) is -7.17. The SMILES string of the molecule is C=C(C)C(=O)OCCOC(=O)c1ccc(OS(=O)(=O)C(F)(F)C(F)(F)C(F)(F)S(=O)(=O)NS(=O)(=O)C(F)(F)F)cc1. The Morgan fingerprint density at radius 2 is 1.24 bits per heavy atom. The summed E-state index contributed by atoms with van der Waals surface area (Å²) in [5, 5.41) is -14.8. The van der Waals surface area contributed by atoms with Gasteiger partial charge in [-0.2, -0.15) is 47.9 Å². The smallest absolute Gasteiger partial charge is 0.459 e. The number of nitrogens with one attached hydrogen (secondary N) is 1. The second-order valence-corrected chi connectivity index (χ2v) is 12.5. The van der Waals surface area contributed by atoms with Crippen LogP contribution < -0.4 is 8.31 Å². The number of alkyl halides is 9. The van der Waals surface area contributed by atoms with Gasteiger partial charge in [0.15, 0.2) is 0 Å². The summed E-state index contributed by atoms with van der Waals surface area (Å²) in [7, 11) is -22.7. The van der Waals surface area contributed by atoms with Crippen LogP contribution in [0.3, 0.4) is 0 Å². The van der Waals surface area contributed by atoms with E-state index in [9.17, 15) is 74.4 Å². The second kappa shape index (κ2) is 11.6. The molecule has 0 aliphatic rings. The number of benzene rings is 1. The van der Waals surface area contributed by atoms with Crippen molar-refractivity contribution in [2.24, 2.45) is 0 Å². The van der Waals surface area contributed by atoms with E-state index in [1.165, 1.54) is 6.92 Å². The van der Waals surface area contributed by atoms with E-state index >= 15 is 0 Å². The van der Waals surface area contributed by atoms with Crippen molar-refractivity contribution >= 4 is 42.1 Å². The maximum atomic E-state index is 14.1.